The van der Waals surface area contributed by atoms with Crippen molar-refractivity contribution >= 4 is 21.4 Å². The van der Waals surface area contributed by atoms with Crippen LogP contribution in [0.15, 0.2) is 18.3 Å². The molecule has 1 heterocycles. The van der Waals surface area contributed by atoms with Gasteiger partial charge in [0, 0.05) is 30.6 Å². The molecule has 1 aromatic heterocycles. The summed E-state index contributed by atoms with van der Waals surface area (Å²) in [5.74, 6) is 0.337. The summed E-state index contributed by atoms with van der Waals surface area (Å²) in [6.07, 6.45) is 1.62. The Morgan fingerprint density at radius 1 is 1.50 bits per heavy atom. The molecule has 1 aromatic rings. The zero-order valence-electron chi connectivity index (χ0n) is 9.11. The number of nitrogens with one attached hydrogen (secondary N) is 1. The average molecular weight is 263 g/mol. The normalized spacial score (nSPS) is 11.6. The zero-order chi connectivity index (χ0) is 12.0. The van der Waals surface area contributed by atoms with Crippen molar-refractivity contribution in [3.05, 3.63) is 29.0 Å². The molecule has 90 valence electrons. The number of hydrogen-bond donors (Lipinski definition) is 1. The number of halogens is 1. The van der Waals surface area contributed by atoms with Crippen molar-refractivity contribution in [3.8, 4) is 0 Å². The molecule has 0 saturated heterocycles. The van der Waals surface area contributed by atoms with Crippen LogP contribution in [0.4, 0.5) is 0 Å². The molecule has 0 fully saturated rings. The maximum atomic E-state index is 11.2. The van der Waals surface area contributed by atoms with E-state index in [1.54, 1.807) is 19.2 Å². The average Bonchev–Trinajstić information content (AvgIpc) is 2.27. The molecule has 1 rings (SSSR count). The van der Waals surface area contributed by atoms with Crippen molar-refractivity contribution in [2.45, 2.75) is 13.5 Å². The third kappa shape index (κ3) is 4.47. The molecular formula is C10H15ClN2O2S. The standard InChI is InChI=1S/C10H15ClN2O2S/c1-2-16(14,15)7-6-12-8-9-4-3-5-13-10(9)11/h3-5,12H,2,6-8H2,1H3. The third-order valence-electron chi connectivity index (χ3n) is 2.18. The van der Waals surface area contributed by atoms with Crippen LogP contribution in [-0.4, -0.2) is 31.5 Å². The van der Waals surface area contributed by atoms with Gasteiger partial charge < -0.3 is 5.32 Å². The topological polar surface area (TPSA) is 59.1 Å². The van der Waals surface area contributed by atoms with E-state index >= 15 is 0 Å². The Balaban J connectivity index is 2.35. The molecular weight excluding hydrogens is 248 g/mol. The molecule has 0 saturated carbocycles. The summed E-state index contributed by atoms with van der Waals surface area (Å²) in [6, 6.07) is 3.66. The van der Waals surface area contributed by atoms with Gasteiger partial charge in [-0.15, -0.1) is 0 Å². The van der Waals surface area contributed by atoms with Gasteiger partial charge in [0.2, 0.25) is 0 Å². The van der Waals surface area contributed by atoms with Gasteiger partial charge >= 0.3 is 0 Å². The maximum absolute atomic E-state index is 11.2. The highest BCUT2D eigenvalue weighted by molar-refractivity contribution is 7.91. The van der Waals surface area contributed by atoms with Gasteiger partial charge in [0.1, 0.15) is 5.15 Å². The molecule has 6 heteroatoms. The number of pyridine rings is 1. The zero-order valence-corrected chi connectivity index (χ0v) is 10.7. The fourth-order valence-corrected chi connectivity index (χ4v) is 2.08. The van der Waals surface area contributed by atoms with E-state index < -0.39 is 9.84 Å². The smallest absolute Gasteiger partial charge is 0.151 e. The van der Waals surface area contributed by atoms with Crippen LogP contribution in [-0.2, 0) is 16.4 Å². The quantitative estimate of drug-likeness (QED) is 0.619. The molecule has 16 heavy (non-hydrogen) atoms. The Morgan fingerprint density at radius 2 is 2.25 bits per heavy atom. The van der Waals surface area contributed by atoms with E-state index in [2.05, 4.69) is 10.3 Å². The monoisotopic (exact) mass is 262 g/mol. The van der Waals surface area contributed by atoms with E-state index in [0.717, 1.165) is 5.56 Å². The highest BCUT2D eigenvalue weighted by atomic mass is 35.5. The van der Waals surface area contributed by atoms with Gasteiger partial charge in [-0.25, -0.2) is 13.4 Å². The van der Waals surface area contributed by atoms with Crippen molar-refractivity contribution in [2.75, 3.05) is 18.1 Å². The largest absolute Gasteiger partial charge is 0.312 e. The van der Waals surface area contributed by atoms with Gasteiger partial charge in [0.05, 0.1) is 5.75 Å². The van der Waals surface area contributed by atoms with E-state index in [1.807, 2.05) is 6.07 Å². The van der Waals surface area contributed by atoms with Gasteiger partial charge in [-0.05, 0) is 6.07 Å². The lowest BCUT2D eigenvalue weighted by atomic mass is 10.3. The van der Waals surface area contributed by atoms with Crippen LogP contribution in [0.2, 0.25) is 5.15 Å². The van der Waals surface area contributed by atoms with Gasteiger partial charge in [0.25, 0.3) is 0 Å². The number of rotatable bonds is 6. The van der Waals surface area contributed by atoms with Crippen molar-refractivity contribution in [2.24, 2.45) is 0 Å². The summed E-state index contributed by atoms with van der Waals surface area (Å²) in [5.41, 5.74) is 0.873. The van der Waals surface area contributed by atoms with Crippen molar-refractivity contribution in [3.63, 3.8) is 0 Å². The van der Waals surface area contributed by atoms with Crippen LogP contribution >= 0.6 is 11.6 Å². The van der Waals surface area contributed by atoms with Crippen LogP contribution < -0.4 is 5.32 Å². The lowest BCUT2D eigenvalue weighted by Crippen LogP contribution is -2.23. The highest BCUT2D eigenvalue weighted by Crippen LogP contribution is 2.10. The SMILES string of the molecule is CCS(=O)(=O)CCNCc1cccnc1Cl. The fourth-order valence-electron chi connectivity index (χ4n) is 1.15. The van der Waals surface area contributed by atoms with E-state index in [0.29, 0.717) is 18.2 Å². The predicted octanol–water partition coefficient (Wildman–Crippen LogP) is 1.26. The highest BCUT2D eigenvalue weighted by Gasteiger charge is 2.06. The lowest BCUT2D eigenvalue weighted by molar-refractivity contribution is 0.592. The summed E-state index contributed by atoms with van der Waals surface area (Å²) in [4.78, 5) is 3.93. The first-order valence-electron chi connectivity index (χ1n) is 5.05. The van der Waals surface area contributed by atoms with E-state index in [9.17, 15) is 8.42 Å². The summed E-state index contributed by atoms with van der Waals surface area (Å²) >= 11 is 5.85. The first-order valence-corrected chi connectivity index (χ1v) is 7.25. The molecule has 0 bridgehead atoms. The van der Waals surface area contributed by atoms with Gasteiger partial charge in [-0.3, -0.25) is 0 Å². The Bertz CT molecular complexity index is 434. The number of hydrogen-bond acceptors (Lipinski definition) is 4. The molecule has 0 unspecified atom stereocenters. The molecule has 0 aliphatic rings. The summed E-state index contributed by atoms with van der Waals surface area (Å²) in [7, 11) is -2.90. The maximum Gasteiger partial charge on any atom is 0.151 e. The third-order valence-corrected chi connectivity index (χ3v) is 4.23. The Hall–Kier alpha value is -0.650. The Morgan fingerprint density at radius 3 is 2.88 bits per heavy atom. The van der Waals surface area contributed by atoms with E-state index in [1.165, 1.54) is 0 Å². The second-order valence-electron chi connectivity index (χ2n) is 3.37. The molecule has 0 radical (unpaired) electrons. The summed E-state index contributed by atoms with van der Waals surface area (Å²) < 4.78 is 22.4. The minimum absolute atomic E-state index is 0.154. The summed E-state index contributed by atoms with van der Waals surface area (Å²) in [6.45, 7) is 2.61. The number of sulfone groups is 1. The van der Waals surface area contributed by atoms with Gasteiger partial charge in [-0.1, -0.05) is 24.6 Å². The first-order chi connectivity index (χ1) is 7.55. The van der Waals surface area contributed by atoms with Crippen LogP contribution in [0.25, 0.3) is 0 Å². The van der Waals surface area contributed by atoms with Gasteiger partial charge in [-0.2, -0.15) is 0 Å². The van der Waals surface area contributed by atoms with Gasteiger partial charge in [0.15, 0.2) is 9.84 Å². The minimum atomic E-state index is -2.90. The van der Waals surface area contributed by atoms with Crippen LogP contribution in [0.5, 0.6) is 0 Å². The van der Waals surface area contributed by atoms with E-state index in [-0.39, 0.29) is 11.5 Å². The Labute approximate surface area is 101 Å². The van der Waals surface area contributed by atoms with Crippen LogP contribution in [0.3, 0.4) is 0 Å². The van der Waals surface area contributed by atoms with Crippen LogP contribution in [0, 0.1) is 0 Å². The fraction of sp³-hybridized carbons (Fsp3) is 0.500. The Kier molecular flexibility index (Phi) is 5.18. The number of nitrogens with zero attached hydrogens (tertiary/aromatic N) is 1. The minimum Gasteiger partial charge on any atom is -0.312 e. The van der Waals surface area contributed by atoms with Crippen molar-refractivity contribution in [1.29, 1.82) is 0 Å². The van der Waals surface area contributed by atoms with Crippen LogP contribution in [0.1, 0.15) is 12.5 Å². The summed E-state index contributed by atoms with van der Waals surface area (Å²) in [5, 5.41) is 3.48. The molecule has 0 aromatic carbocycles. The molecule has 0 aliphatic carbocycles. The number of aromatic nitrogens is 1. The molecule has 0 spiro atoms. The second-order valence-corrected chi connectivity index (χ2v) is 6.20. The molecule has 0 amide bonds. The van der Waals surface area contributed by atoms with E-state index in [4.69, 9.17) is 11.6 Å². The molecule has 4 nitrogen and oxygen atoms in total. The van der Waals surface area contributed by atoms with Crippen molar-refractivity contribution in [1.82, 2.24) is 10.3 Å². The van der Waals surface area contributed by atoms with Crippen molar-refractivity contribution < 1.29 is 8.42 Å². The molecule has 0 aliphatic heterocycles. The second kappa shape index (κ2) is 6.18. The predicted molar refractivity (Wildman–Crippen MR) is 65.3 cm³/mol. The first kappa shape index (κ1) is 13.4. The molecule has 1 N–H and O–H groups in total. The molecule has 0 atom stereocenters. The lowest BCUT2D eigenvalue weighted by Gasteiger charge is -2.05.